The summed E-state index contributed by atoms with van der Waals surface area (Å²) in [7, 11) is 1.48. The number of anilines is 1. The summed E-state index contributed by atoms with van der Waals surface area (Å²) in [6.07, 6.45) is 0. The Kier molecular flexibility index (Phi) is 5.70. The molecule has 0 aliphatic carbocycles. The maximum atomic E-state index is 13.7. The van der Waals surface area contributed by atoms with Gasteiger partial charge >= 0.3 is 5.97 Å². The number of nitrogens with zero attached hydrogens (tertiary/aromatic N) is 2. The summed E-state index contributed by atoms with van der Waals surface area (Å²) in [6.45, 7) is 2.03. The topological polar surface area (TPSA) is 105 Å². The number of fused-ring (bicyclic) bond motifs is 1. The first-order valence-corrected chi connectivity index (χ1v) is 11.1. The van der Waals surface area contributed by atoms with E-state index in [9.17, 15) is 14.7 Å². The molecular weight excluding hydrogens is 446 g/mol. The van der Waals surface area contributed by atoms with Gasteiger partial charge in [0.1, 0.15) is 5.69 Å². The second kappa shape index (κ2) is 8.98. The fourth-order valence-corrected chi connectivity index (χ4v) is 4.38. The molecule has 0 saturated heterocycles. The van der Waals surface area contributed by atoms with Crippen molar-refractivity contribution in [1.82, 2.24) is 10.2 Å². The lowest BCUT2D eigenvalue weighted by molar-refractivity contribution is 0.0526. The molecule has 8 heteroatoms. The summed E-state index contributed by atoms with van der Waals surface area (Å²) in [6, 6.07) is 20.8. The summed E-state index contributed by atoms with van der Waals surface area (Å²) in [5.74, 6) is -0.379. The number of ether oxygens (including phenoxy) is 2. The largest absolute Gasteiger partial charge is 0.504 e. The van der Waals surface area contributed by atoms with Crippen LogP contribution in [0.2, 0.25) is 0 Å². The van der Waals surface area contributed by atoms with Crippen LogP contribution in [0.25, 0.3) is 11.3 Å². The van der Waals surface area contributed by atoms with Crippen molar-refractivity contribution in [3.05, 3.63) is 95.2 Å². The van der Waals surface area contributed by atoms with Gasteiger partial charge in [0.25, 0.3) is 5.91 Å². The van der Waals surface area contributed by atoms with Crippen LogP contribution in [0, 0.1) is 0 Å². The Hall–Kier alpha value is -4.59. The van der Waals surface area contributed by atoms with Crippen LogP contribution in [0.4, 0.5) is 5.69 Å². The molecule has 0 unspecified atom stereocenters. The van der Waals surface area contributed by atoms with Crippen LogP contribution in [-0.2, 0) is 4.74 Å². The number of nitrogens with one attached hydrogen (secondary N) is 1. The van der Waals surface area contributed by atoms with Gasteiger partial charge in [-0.3, -0.25) is 14.8 Å². The van der Waals surface area contributed by atoms with Crippen molar-refractivity contribution in [3.63, 3.8) is 0 Å². The molecule has 5 rings (SSSR count). The third kappa shape index (κ3) is 3.78. The normalized spacial score (nSPS) is 14.6. The quantitative estimate of drug-likeness (QED) is 0.396. The Balaban J connectivity index is 1.66. The molecule has 0 saturated carbocycles. The number of carbonyl (C=O) groups excluding carboxylic acids is 2. The van der Waals surface area contributed by atoms with E-state index >= 15 is 0 Å². The molecule has 0 bridgehead atoms. The highest BCUT2D eigenvalue weighted by molar-refractivity contribution is 6.12. The van der Waals surface area contributed by atoms with Gasteiger partial charge in [-0.25, -0.2) is 4.79 Å². The van der Waals surface area contributed by atoms with E-state index in [1.54, 1.807) is 54.3 Å². The number of phenols is 1. The number of esters is 1. The van der Waals surface area contributed by atoms with Gasteiger partial charge < -0.3 is 14.6 Å². The minimum absolute atomic E-state index is 0.00149. The monoisotopic (exact) mass is 469 g/mol. The van der Waals surface area contributed by atoms with Crippen LogP contribution >= 0.6 is 0 Å². The molecule has 0 spiro atoms. The highest BCUT2D eigenvalue weighted by Crippen LogP contribution is 2.46. The lowest BCUT2D eigenvalue weighted by Gasteiger charge is -2.27. The maximum Gasteiger partial charge on any atom is 0.338 e. The minimum atomic E-state index is -0.547. The Bertz CT molecular complexity index is 1400. The number of hydrogen-bond donors (Lipinski definition) is 2. The minimum Gasteiger partial charge on any atom is -0.504 e. The third-order valence-electron chi connectivity index (χ3n) is 5.99. The lowest BCUT2D eigenvalue weighted by atomic mass is 9.95. The van der Waals surface area contributed by atoms with Crippen LogP contribution in [0.1, 0.15) is 44.9 Å². The van der Waals surface area contributed by atoms with Gasteiger partial charge in [-0.05, 0) is 48.9 Å². The first-order chi connectivity index (χ1) is 17.0. The molecule has 1 amide bonds. The molecular formula is C27H23N3O5. The van der Waals surface area contributed by atoms with Crippen molar-refractivity contribution in [2.75, 3.05) is 18.6 Å². The van der Waals surface area contributed by atoms with Crippen molar-refractivity contribution in [2.45, 2.75) is 13.0 Å². The zero-order chi connectivity index (χ0) is 24.5. The van der Waals surface area contributed by atoms with Gasteiger partial charge in [0.2, 0.25) is 0 Å². The van der Waals surface area contributed by atoms with Gasteiger partial charge in [0.05, 0.1) is 31.0 Å². The molecule has 0 radical (unpaired) electrons. The van der Waals surface area contributed by atoms with Crippen LogP contribution < -0.4 is 9.64 Å². The van der Waals surface area contributed by atoms with Crippen molar-refractivity contribution >= 4 is 17.6 Å². The Labute approximate surface area is 201 Å². The highest BCUT2D eigenvalue weighted by atomic mass is 16.5. The zero-order valence-corrected chi connectivity index (χ0v) is 19.2. The molecule has 0 fully saturated rings. The number of carbonyl (C=O) groups is 2. The highest BCUT2D eigenvalue weighted by Gasteiger charge is 2.43. The van der Waals surface area contributed by atoms with E-state index in [0.717, 1.165) is 16.7 Å². The molecule has 176 valence electrons. The number of benzene rings is 3. The van der Waals surface area contributed by atoms with Gasteiger partial charge in [0.15, 0.2) is 11.5 Å². The smallest absolute Gasteiger partial charge is 0.338 e. The molecule has 1 aliphatic rings. The second-order valence-electron chi connectivity index (χ2n) is 8.00. The first kappa shape index (κ1) is 22.2. The molecule has 1 aliphatic heterocycles. The third-order valence-corrected chi connectivity index (χ3v) is 5.99. The van der Waals surface area contributed by atoms with E-state index in [0.29, 0.717) is 28.4 Å². The van der Waals surface area contributed by atoms with Gasteiger partial charge in [-0.2, -0.15) is 5.10 Å². The van der Waals surface area contributed by atoms with Crippen LogP contribution in [0.15, 0.2) is 72.8 Å². The SMILES string of the molecule is CCOC(=O)c1ccc(N2C(=O)c3[nH]nc(-c4ccccc4)c3[C@@H]2c2ccc(O)c(OC)c2)cc1. The van der Waals surface area contributed by atoms with Crippen molar-refractivity contribution in [2.24, 2.45) is 0 Å². The number of phenolic OH excluding ortho intramolecular Hbond substituents is 1. The van der Waals surface area contributed by atoms with Gasteiger partial charge in [-0.15, -0.1) is 0 Å². The van der Waals surface area contributed by atoms with E-state index in [1.165, 1.54) is 7.11 Å². The van der Waals surface area contributed by atoms with Crippen molar-refractivity contribution < 1.29 is 24.2 Å². The predicted molar refractivity (Wildman–Crippen MR) is 130 cm³/mol. The van der Waals surface area contributed by atoms with Crippen LogP contribution in [-0.4, -0.2) is 40.9 Å². The second-order valence-corrected chi connectivity index (χ2v) is 8.00. The van der Waals surface area contributed by atoms with E-state index < -0.39 is 12.0 Å². The maximum absolute atomic E-state index is 13.7. The standard InChI is InChI=1S/C27H23N3O5/c1-3-35-27(33)17-9-12-19(13-10-17)30-25(18-11-14-20(31)21(15-18)34-2)22-23(16-7-5-4-6-8-16)28-29-24(22)26(30)32/h4-15,25,31H,3H2,1-2H3,(H,28,29)/t25-/m0/s1. The van der Waals surface area contributed by atoms with E-state index in [1.807, 2.05) is 30.3 Å². The number of aromatic amines is 1. The average molecular weight is 469 g/mol. The Morgan fingerprint density at radius 3 is 2.51 bits per heavy atom. The number of amides is 1. The Morgan fingerprint density at radius 2 is 1.83 bits per heavy atom. The summed E-state index contributed by atoms with van der Waals surface area (Å²) >= 11 is 0. The predicted octanol–water partition coefficient (Wildman–Crippen LogP) is 4.72. The van der Waals surface area contributed by atoms with Crippen LogP contribution in [0.3, 0.4) is 0 Å². The number of aromatic hydroxyl groups is 1. The molecule has 35 heavy (non-hydrogen) atoms. The number of H-pyrrole nitrogens is 1. The van der Waals surface area contributed by atoms with Crippen LogP contribution in [0.5, 0.6) is 11.5 Å². The Morgan fingerprint density at radius 1 is 1.09 bits per heavy atom. The van der Waals surface area contributed by atoms with E-state index in [4.69, 9.17) is 9.47 Å². The zero-order valence-electron chi connectivity index (χ0n) is 19.2. The lowest BCUT2D eigenvalue weighted by Crippen LogP contribution is -2.29. The van der Waals surface area contributed by atoms with Crippen molar-refractivity contribution in [3.8, 4) is 22.8 Å². The average Bonchev–Trinajstić information content (AvgIpc) is 3.44. The summed E-state index contributed by atoms with van der Waals surface area (Å²) in [5.41, 5.74) is 4.38. The molecule has 3 aromatic carbocycles. The fourth-order valence-electron chi connectivity index (χ4n) is 4.38. The fraction of sp³-hybridized carbons (Fsp3) is 0.148. The number of hydrogen-bond acceptors (Lipinski definition) is 6. The van der Waals surface area contributed by atoms with E-state index in [-0.39, 0.29) is 18.3 Å². The van der Waals surface area contributed by atoms with Gasteiger partial charge in [-0.1, -0.05) is 36.4 Å². The summed E-state index contributed by atoms with van der Waals surface area (Å²) in [5, 5.41) is 17.5. The molecule has 1 aromatic heterocycles. The number of methoxy groups -OCH3 is 1. The van der Waals surface area contributed by atoms with Crippen molar-refractivity contribution in [1.29, 1.82) is 0 Å². The molecule has 1 atom stereocenters. The molecule has 2 N–H and O–H groups in total. The summed E-state index contributed by atoms with van der Waals surface area (Å²) in [4.78, 5) is 27.4. The molecule has 8 nitrogen and oxygen atoms in total. The number of aromatic nitrogens is 2. The number of rotatable bonds is 6. The molecule has 4 aromatic rings. The molecule has 2 heterocycles. The van der Waals surface area contributed by atoms with E-state index in [2.05, 4.69) is 10.2 Å². The van der Waals surface area contributed by atoms with Gasteiger partial charge in [0, 0.05) is 16.8 Å². The first-order valence-electron chi connectivity index (χ1n) is 11.1. The summed E-state index contributed by atoms with van der Waals surface area (Å²) < 4.78 is 10.4.